The summed E-state index contributed by atoms with van der Waals surface area (Å²) < 4.78 is 116. The van der Waals surface area contributed by atoms with E-state index in [-0.39, 0.29) is 6.07 Å². The lowest BCUT2D eigenvalue weighted by atomic mass is 9.90. The quantitative estimate of drug-likeness (QED) is 0.522. The Morgan fingerprint density at radius 3 is 2.03 bits per heavy atom. The third-order valence-corrected chi connectivity index (χ3v) is 4.54. The first-order chi connectivity index (χ1) is 15.0. The zero-order valence-electron chi connectivity index (χ0n) is 16.1. The summed E-state index contributed by atoms with van der Waals surface area (Å²) >= 11 is 0. The summed E-state index contributed by atoms with van der Waals surface area (Å²) in [6.45, 7) is -1.13. The minimum Gasteiger partial charge on any atom is -0.386 e. The normalized spacial score (nSPS) is 16.8. The zero-order valence-corrected chi connectivity index (χ0v) is 16.1. The van der Waals surface area contributed by atoms with Gasteiger partial charge in [-0.25, -0.2) is 9.67 Å². The summed E-state index contributed by atoms with van der Waals surface area (Å²) in [6, 6.07) is 0.822. The number of hydrogen-bond donors (Lipinski definition) is 1. The number of nitrogens with zero attached hydrogens (tertiary/aromatic N) is 4. The maximum absolute atomic E-state index is 13.0. The van der Waals surface area contributed by atoms with Crippen molar-refractivity contribution in [2.24, 2.45) is 0 Å². The fourth-order valence-electron chi connectivity index (χ4n) is 3.11. The van der Waals surface area contributed by atoms with Crippen LogP contribution in [0.5, 0.6) is 0 Å². The molecule has 1 aliphatic heterocycles. The number of rotatable bonds is 4. The van der Waals surface area contributed by atoms with Crippen LogP contribution in [0, 0.1) is 0 Å². The lowest BCUT2D eigenvalue weighted by molar-refractivity contribution is -0.208. The molecule has 3 rings (SSSR count). The molecule has 1 aromatic carbocycles. The summed E-state index contributed by atoms with van der Waals surface area (Å²) in [5.41, 5.74) is -5.78. The van der Waals surface area contributed by atoms with E-state index in [1.54, 1.807) is 0 Å². The lowest BCUT2D eigenvalue weighted by Gasteiger charge is -2.46. The van der Waals surface area contributed by atoms with Crippen LogP contribution in [0.4, 0.5) is 39.5 Å². The van der Waals surface area contributed by atoms with Crippen LogP contribution < -0.4 is 0 Å². The van der Waals surface area contributed by atoms with E-state index >= 15 is 0 Å². The second-order valence-electron chi connectivity index (χ2n) is 7.37. The zero-order chi connectivity index (χ0) is 24.8. The molecule has 0 saturated carbocycles. The Morgan fingerprint density at radius 1 is 1.00 bits per heavy atom. The maximum Gasteiger partial charge on any atom is 0.416 e. The monoisotopic (exact) mass is 488 g/mol. The standard InChI is InChI=1S/C18H13F9N4O2/c19-16(20,21)6-15(33)7-30(8-15)13(32)1-2-31-9-28-14(29-31)10-3-11(17(22,23)24)5-12(4-10)18(25,26)27/h1-5,9,33H,6-8H2/b2-1-. The van der Waals surface area contributed by atoms with Crippen LogP contribution in [-0.4, -0.2) is 55.5 Å². The summed E-state index contributed by atoms with van der Waals surface area (Å²) in [5.74, 6) is -1.29. The van der Waals surface area contributed by atoms with Gasteiger partial charge in [0.2, 0.25) is 5.91 Å². The van der Waals surface area contributed by atoms with Gasteiger partial charge in [0.1, 0.15) is 11.9 Å². The lowest BCUT2D eigenvalue weighted by Crippen LogP contribution is -2.64. The van der Waals surface area contributed by atoms with Gasteiger partial charge >= 0.3 is 18.5 Å². The van der Waals surface area contributed by atoms with Gasteiger partial charge in [0.25, 0.3) is 0 Å². The van der Waals surface area contributed by atoms with Crippen molar-refractivity contribution in [3.05, 3.63) is 41.7 Å². The number of halogens is 9. The molecule has 1 amide bonds. The first kappa shape index (κ1) is 24.5. The number of aliphatic hydroxyl groups is 1. The molecule has 1 N–H and O–H groups in total. The number of hydrogen-bond acceptors (Lipinski definition) is 4. The average Bonchev–Trinajstić information content (AvgIpc) is 3.10. The number of aromatic nitrogens is 3. The van der Waals surface area contributed by atoms with Crippen molar-refractivity contribution >= 4 is 12.1 Å². The number of carbonyl (C=O) groups excluding carboxylic acids is 1. The van der Waals surface area contributed by atoms with Gasteiger partial charge in [0.05, 0.1) is 30.6 Å². The van der Waals surface area contributed by atoms with Gasteiger partial charge in [-0.2, -0.15) is 39.5 Å². The molecule has 2 aromatic rings. The third kappa shape index (κ3) is 6.03. The van der Waals surface area contributed by atoms with Crippen LogP contribution >= 0.6 is 0 Å². The Kier molecular flexibility index (Phi) is 5.98. The summed E-state index contributed by atoms with van der Waals surface area (Å²) in [6.07, 6.45) is -13.5. The van der Waals surface area contributed by atoms with E-state index in [0.717, 1.165) is 28.2 Å². The van der Waals surface area contributed by atoms with Gasteiger partial charge in [-0.05, 0) is 18.2 Å². The number of alkyl halides is 9. The molecule has 0 unspecified atom stereocenters. The van der Waals surface area contributed by atoms with Crippen LogP contribution in [0.25, 0.3) is 17.6 Å². The molecule has 2 heterocycles. The second kappa shape index (κ2) is 8.04. The van der Waals surface area contributed by atoms with Gasteiger partial charge in [-0.15, -0.1) is 5.10 Å². The van der Waals surface area contributed by atoms with Crippen LogP contribution in [-0.2, 0) is 17.1 Å². The number of benzene rings is 1. The van der Waals surface area contributed by atoms with Crippen molar-refractivity contribution < 1.29 is 49.4 Å². The van der Waals surface area contributed by atoms with Gasteiger partial charge in [-0.1, -0.05) is 0 Å². The van der Waals surface area contributed by atoms with E-state index in [1.807, 2.05) is 0 Å². The smallest absolute Gasteiger partial charge is 0.386 e. The predicted molar refractivity (Wildman–Crippen MR) is 93.0 cm³/mol. The highest BCUT2D eigenvalue weighted by atomic mass is 19.4. The minimum atomic E-state index is -5.06. The van der Waals surface area contributed by atoms with Gasteiger partial charge in [0.15, 0.2) is 5.82 Å². The molecule has 1 saturated heterocycles. The van der Waals surface area contributed by atoms with E-state index < -0.39 is 72.1 Å². The summed E-state index contributed by atoms with van der Waals surface area (Å²) in [5, 5.41) is 13.4. The van der Waals surface area contributed by atoms with Gasteiger partial charge in [-0.3, -0.25) is 4.79 Å². The second-order valence-corrected chi connectivity index (χ2v) is 7.37. The SMILES string of the molecule is O=C(/C=C\n1cnc(-c2cc(C(F)(F)F)cc(C(F)(F)F)c2)n1)N1CC(O)(CC(F)(F)F)C1. The van der Waals surface area contributed by atoms with Crippen LogP contribution in [0.2, 0.25) is 0 Å². The van der Waals surface area contributed by atoms with E-state index in [0.29, 0.717) is 12.1 Å². The number of amides is 1. The Morgan fingerprint density at radius 2 is 1.55 bits per heavy atom. The van der Waals surface area contributed by atoms with Crippen molar-refractivity contribution in [3.63, 3.8) is 0 Å². The fraction of sp³-hybridized carbons (Fsp3) is 0.389. The molecule has 0 spiro atoms. The number of likely N-dealkylation sites (tertiary alicyclic amines) is 1. The van der Waals surface area contributed by atoms with E-state index in [2.05, 4.69) is 10.1 Å². The van der Waals surface area contributed by atoms with E-state index in [1.165, 1.54) is 0 Å². The summed E-state index contributed by atoms with van der Waals surface area (Å²) in [4.78, 5) is 16.5. The van der Waals surface area contributed by atoms with Crippen molar-refractivity contribution in [1.82, 2.24) is 19.7 Å². The van der Waals surface area contributed by atoms with E-state index in [4.69, 9.17) is 0 Å². The van der Waals surface area contributed by atoms with Gasteiger partial charge in [0, 0.05) is 17.8 Å². The molecule has 0 radical (unpaired) electrons. The average molecular weight is 488 g/mol. The largest absolute Gasteiger partial charge is 0.416 e. The molecule has 15 heteroatoms. The molecule has 0 bridgehead atoms. The topological polar surface area (TPSA) is 71.2 Å². The Hall–Kier alpha value is -3.10. The molecule has 33 heavy (non-hydrogen) atoms. The maximum atomic E-state index is 13.0. The molecule has 6 nitrogen and oxygen atoms in total. The van der Waals surface area contributed by atoms with Crippen LogP contribution in [0.1, 0.15) is 17.5 Å². The van der Waals surface area contributed by atoms with Crippen LogP contribution in [0.15, 0.2) is 30.6 Å². The molecule has 1 fully saturated rings. The highest BCUT2D eigenvalue weighted by molar-refractivity contribution is 5.90. The third-order valence-electron chi connectivity index (χ3n) is 4.54. The fourth-order valence-corrected chi connectivity index (χ4v) is 3.11. The Balaban J connectivity index is 1.74. The minimum absolute atomic E-state index is 0.0495. The number of β-amino-alcohol motifs (C(OH)–C–C–N with tert-alkyl or cyclic N) is 1. The predicted octanol–water partition coefficient (Wildman–Crippen LogP) is 3.98. The molecular weight excluding hydrogens is 475 g/mol. The Labute approximate surface area is 178 Å². The van der Waals surface area contributed by atoms with Crippen molar-refractivity contribution in [3.8, 4) is 11.4 Å². The first-order valence-corrected chi connectivity index (χ1v) is 8.92. The molecule has 1 aromatic heterocycles. The highest BCUT2D eigenvalue weighted by Crippen LogP contribution is 2.38. The van der Waals surface area contributed by atoms with Crippen molar-refractivity contribution in [2.75, 3.05) is 13.1 Å². The summed E-state index contributed by atoms with van der Waals surface area (Å²) in [7, 11) is 0. The molecular formula is C18H13F9N4O2. The molecule has 1 aliphatic rings. The Bertz CT molecular complexity index is 1030. The number of carbonyl (C=O) groups is 1. The van der Waals surface area contributed by atoms with Gasteiger partial charge < -0.3 is 10.0 Å². The molecule has 0 aliphatic carbocycles. The van der Waals surface area contributed by atoms with Crippen molar-refractivity contribution in [2.45, 2.75) is 30.6 Å². The molecule has 0 atom stereocenters. The van der Waals surface area contributed by atoms with Crippen molar-refractivity contribution in [1.29, 1.82) is 0 Å². The van der Waals surface area contributed by atoms with Crippen LogP contribution in [0.3, 0.4) is 0 Å². The molecule has 180 valence electrons. The van der Waals surface area contributed by atoms with E-state index in [9.17, 15) is 49.4 Å². The first-order valence-electron chi connectivity index (χ1n) is 8.92. The highest BCUT2D eigenvalue weighted by Gasteiger charge is 2.50.